The molecule has 0 saturated carbocycles. The lowest BCUT2D eigenvalue weighted by Crippen LogP contribution is -2.36. The number of amides is 2. The molecule has 0 aliphatic heterocycles. The van der Waals surface area contributed by atoms with Gasteiger partial charge in [0.25, 0.3) is 5.91 Å². The highest BCUT2D eigenvalue weighted by Crippen LogP contribution is 2.23. The largest absolute Gasteiger partial charge is 0.467 e. The first-order chi connectivity index (χ1) is 13.5. The molecule has 0 aliphatic carbocycles. The summed E-state index contributed by atoms with van der Waals surface area (Å²) in [6.45, 7) is 6.20. The summed E-state index contributed by atoms with van der Waals surface area (Å²) >= 11 is 0. The van der Waals surface area contributed by atoms with E-state index in [1.165, 1.54) is 0 Å². The Hall–Kier alpha value is -3.35. The molecule has 0 atom stereocenters. The maximum atomic E-state index is 12.6. The van der Waals surface area contributed by atoms with E-state index in [9.17, 15) is 9.59 Å². The monoisotopic (exact) mass is 380 g/mol. The molecule has 28 heavy (non-hydrogen) atoms. The second-order valence-electron chi connectivity index (χ2n) is 6.88. The van der Waals surface area contributed by atoms with Crippen LogP contribution < -0.4 is 10.6 Å². The van der Waals surface area contributed by atoms with Gasteiger partial charge in [-0.1, -0.05) is 31.5 Å². The number of hydrogen-bond acceptors (Lipinski definition) is 4. The van der Waals surface area contributed by atoms with Gasteiger partial charge < -0.3 is 15.1 Å². The number of nitrogens with one attached hydrogen (secondary N) is 2. The van der Waals surface area contributed by atoms with Gasteiger partial charge in [0, 0.05) is 0 Å². The van der Waals surface area contributed by atoms with Crippen LogP contribution in [0.2, 0.25) is 0 Å². The molecule has 0 radical (unpaired) electrons. The smallest absolute Gasteiger partial charge is 0.255 e. The fourth-order valence-corrected chi connectivity index (χ4v) is 2.90. The Kier molecular flexibility index (Phi) is 5.93. The van der Waals surface area contributed by atoms with Crippen molar-refractivity contribution >= 4 is 11.8 Å². The summed E-state index contributed by atoms with van der Waals surface area (Å²) in [6.07, 6.45) is 3.09. The minimum atomic E-state index is -0.324. The maximum absolute atomic E-state index is 12.6. The molecule has 7 heteroatoms. The second kappa shape index (κ2) is 8.56. The number of benzene rings is 1. The van der Waals surface area contributed by atoms with Gasteiger partial charge in [0.1, 0.15) is 5.76 Å². The van der Waals surface area contributed by atoms with Crippen LogP contribution >= 0.6 is 0 Å². The average molecular weight is 380 g/mol. The average Bonchev–Trinajstić information content (AvgIpc) is 3.34. The molecule has 2 aromatic heterocycles. The highest BCUT2D eigenvalue weighted by atomic mass is 16.3. The van der Waals surface area contributed by atoms with Crippen LogP contribution in [0.5, 0.6) is 0 Å². The van der Waals surface area contributed by atoms with Crippen LogP contribution in [0.4, 0.5) is 0 Å². The van der Waals surface area contributed by atoms with Crippen LogP contribution in [0.15, 0.2) is 53.3 Å². The first-order valence-electron chi connectivity index (χ1n) is 9.18. The maximum Gasteiger partial charge on any atom is 0.255 e. The summed E-state index contributed by atoms with van der Waals surface area (Å²) in [5, 5.41) is 9.76. The van der Waals surface area contributed by atoms with Gasteiger partial charge >= 0.3 is 0 Å². The Morgan fingerprint density at radius 3 is 2.54 bits per heavy atom. The van der Waals surface area contributed by atoms with Crippen molar-refractivity contribution in [2.45, 2.75) is 33.2 Å². The number of nitrogens with zero attached hydrogens (tertiary/aromatic N) is 2. The summed E-state index contributed by atoms with van der Waals surface area (Å²) in [6, 6.07) is 11.5. The molecule has 1 aromatic carbocycles. The molecule has 146 valence electrons. The van der Waals surface area contributed by atoms with Gasteiger partial charge in [0.15, 0.2) is 0 Å². The molecule has 0 fully saturated rings. The Morgan fingerprint density at radius 1 is 1.14 bits per heavy atom. The van der Waals surface area contributed by atoms with E-state index in [1.807, 2.05) is 45.0 Å². The van der Waals surface area contributed by atoms with Gasteiger partial charge in [-0.25, -0.2) is 4.68 Å². The predicted molar refractivity (Wildman–Crippen MR) is 105 cm³/mol. The third-order valence-corrected chi connectivity index (χ3v) is 4.33. The van der Waals surface area contributed by atoms with Gasteiger partial charge in [-0.15, -0.1) is 0 Å². The first kappa shape index (κ1) is 19.4. The molecule has 0 saturated heterocycles. The molecule has 0 aliphatic rings. The zero-order valence-electron chi connectivity index (χ0n) is 16.2. The lowest BCUT2D eigenvalue weighted by atomic mass is 10.0. The van der Waals surface area contributed by atoms with E-state index in [-0.39, 0.29) is 30.8 Å². The number of aromatic nitrogens is 2. The van der Waals surface area contributed by atoms with E-state index in [0.29, 0.717) is 11.3 Å². The zero-order chi connectivity index (χ0) is 20.1. The summed E-state index contributed by atoms with van der Waals surface area (Å²) in [5.41, 5.74) is 3.32. The lowest BCUT2D eigenvalue weighted by Gasteiger charge is -2.13. The summed E-state index contributed by atoms with van der Waals surface area (Å²) in [4.78, 5) is 24.6. The molecule has 2 heterocycles. The Labute approximate surface area is 163 Å². The van der Waals surface area contributed by atoms with Crippen molar-refractivity contribution < 1.29 is 14.0 Å². The Morgan fingerprint density at radius 2 is 1.89 bits per heavy atom. The molecule has 0 spiro atoms. The zero-order valence-corrected chi connectivity index (χ0v) is 16.2. The van der Waals surface area contributed by atoms with Crippen LogP contribution in [-0.4, -0.2) is 28.1 Å². The van der Waals surface area contributed by atoms with Crippen LogP contribution in [0.3, 0.4) is 0 Å². The molecule has 7 nitrogen and oxygen atoms in total. The van der Waals surface area contributed by atoms with Crippen LogP contribution in [0.1, 0.15) is 47.1 Å². The molecule has 0 unspecified atom stereocenters. The van der Waals surface area contributed by atoms with Crippen molar-refractivity contribution in [2.75, 3.05) is 6.54 Å². The van der Waals surface area contributed by atoms with E-state index >= 15 is 0 Å². The van der Waals surface area contributed by atoms with Gasteiger partial charge in [-0.3, -0.25) is 9.59 Å². The minimum Gasteiger partial charge on any atom is -0.467 e. The van der Waals surface area contributed by atoms with E-state index in [2.05, 4.69) is 15.7 Å². The molecule has 3 rings (SSSR count). The van der Waals surface area contributed by atoms with Crippen molar-refractivity contribution in [3.63, 3.8) is 0 Å². The fourth-order valence-electron chi connectivity index (χ4n) is 2.90. The Balaban J connectivity index is 1.67. The second-order valence-corrected chi connectivity index (χ2v) is 6.88. The first-order valence-corrected chi connectivity index (χ1v) is 9.18. The third-order valence-electron chi connectivity index (χ3n) is 4.33. The standard InChI is InChI=1S/C21H24N4O3/c1-14(2)20-18(12-24-25(20)16-8-6-15(3)7-9-16)21(27)23-13-19(26)22-11-17-5-4-10-28-17/h4-10,12,14H,11,13H2,1-3H3,(H,22,26)(H,23,27). The van der Waals surface area contributed by atoms with Gasteiger partial charge in [-0.2, -0.15) is 5.10 Å². The quantitative estimate of drug-likeness (QED) is 0.659. The van der Waals surface area contributed by atoms with Crippen molar-refractivity contribution in [3.8, 4) is 5.69 Å². The van der Waals surface area contributed by atoms with Gasteiger partial charge in [0.05, 0.1) is 42.5 Å². The van der Waals surface area contributed by atoms with Crippen molar-refractivity contribution in [1.29, 1.82) is 0 Å². The number of furan rings is 1. The van der Waals surface area contributed by atoms with Gasteiger partial charge in [-0.05, 0) is 37.1 Å². The molecule has 2 N–H and O–H groups in total. The third kappa shape index (κ3) is 4.49. The number of carbonyl (C=O) groups excluding carboxylic acids is 2. The highest BCUT2D eigenvalue weighted by molar-refractivity contribution is 5.97. The number of rotatable bonds is 7. The molecule has 3 aromatic rings. The Bertz CT molecular complexity index is 941. The fraction of sp³-hybridized carbons (Fsp3) is 0.286. The van der Waals surface area contributed by atoms with E-state index in [1.54, 1.807) is 29.3 Å². The summed E-state index contributed by atoms with van der Waals surface area (Å²) in [7, 11) is 0. The normalized spacial score (nSPS) is 10.9. The van der Waals surface area contributed by atoms with E-state index in [0.717, 1.165) is 16.9 Å². The SMILES string of the molecule is Cc1ccc(-n2ncc(C(=O)NCC(=O)NCc3ccco3)c2C(C)C)cc1. The van der Waals surface area contributed by atoms with Crippen molar-refractivity contribution in [3.05, 3.63) is 71.4 Å². The highest BCUT2D eigenvalue weighted by Gasteiger charge is 2.21. The van der Waals surface area contributed by atoms with Crippen molar-refractivity contribution in [2.24, 2.45) is 0 Å². The minimum absolute atomic E-state index is 0.0809. The predicted octanol–water partition coefficient (Wildman–Crippen LogP) is 2.94. The molecular weight excluding hydrogens is 356 g/mol. The van der Waals surface area contributed by atoms with Crippen LogP contribution in [0, 0.1) is 6.92 Å². The topological polar surface area (TPSA) is 89.2 Å². The van der Waals surface area contributed by atoms with E-state index in [4.69, 9.17) is 4.42 Å². The lowest BCUT2D eigenvalue weighted by molar-refractivity contribution is -0.120. The van der Waals surface area contributed by atoms with Gasteiger partial charge in [0.2, 0.25) is 5.91 Å². The number of aryl methyl sites for hydroxylation is 1. The molecular formula is C21H24N4O3. The number of carbonyl (C=O) groups is 2. The molecule has 0 bridgehead atoms. The summed E-state index contributed by atoms with van der Waals surface area (Å²) < 4.78 is 6.93. The van der Waals surface area contributed by atoms with Crippen LogP contribution in [-0.2, 0) is 11.3 Å². The van der Waals surface area contributed by atoms with Crippen molar-refractivity contribution in [1.82, 2.24) is 20.4 Å². The molecule has 2 amide bonds. The van der Waals surface area contributed by atoms with Crippen LogP contribution in [0.25, 0.3) is 5.69 Å². The van der Waals surface area contributed by atoms with E-state index < -0.39 is 0 Å². The number of hydrogen-bond donors (Lipinski definition) is 2. The summed E-state index contributed by atoms with van der Waals surface area (Å²) in [5.74, 6) is 0.121.